The molecule has 3 heteroatoms. The van der Waals surface area contributed by atoms with E-state index in [2.05, 4.69) is 12.1 Å². The number of fused-ring (bicyclic) bond motifs is 1. The van der Waals surface area contributed by atoms with Gasteiger partial charge in [-0.2, -0.15) is 5.26 Å². The summed E-state index contributed by atoms with van der Waals surface area (Å²) >= 11 is 0. The van der Waals surface area contributed by atoms with Crippen LogP contribution in [0.4, 0.5) is 0 Å². The number of rotatable bonds is 2. The molecule has 0 saturated heterocycles. The van der Waals surface area contributed by atoms with Gasteiger partial charge in [-0.25, -0.2) is 0 Å². The van der Waals surface area contributed by atoms with Gasteiger partial charge in [-0.3, -0.25) is 0 Å². The lowest BCUT2D eigenvalue weighted by atomic mass is 10.1. The van der Waals surface area contributed by atoms with Crippen LogP contribution in [-0.4, -0.2) is 0 Å². The fraction of sp³-hybridized carbons (Fsp3) is 0. The third kappa shape index (κ3) is 2.74. The van der Waals surface area contributed by atoms with Crippen LogP contribution < -0.4 is 4.74 Å². The van der Waals surface area contributed by atoms with Crippen LogP contribution in [0, 0.1) is 11.3 Å². The minimum absolute atomic E-state index is 0. The highest BCUT2D eigenvalue weighted by molar-refractivity contribution is 5.85. The Bertz CT molecular complexity index is 777. The van der Waals surface area contributed by atoms with Crippen LogP contribution >= 0.6 is 12.4 Å². The van der Waals surface area contributed by atoms with Gasteiger partial charge < -0.3 is 4.74 Å². The first kappa shape index (κ1) is 13.9. The molecule has 3 aromatic carbocycles. The van der Waals surface area contributed by atoms with E-state index in [0.29, 0.717) is 11.3 Å². The van der Waals surface area contributed by atoms with Gasteiger partial charge in [-0.1, -0.05) is 42.5 Å². The molecule has 0 amide bonds. The first-order valence-corrected chi connectivity index (χ1v) is 6.02. The number of benzene rings is 3. The third-order valence-corrected chi connectivity index (χ3v) is 2.96. The monoisotopic (exact) mass is 281 g/mol. The van der Waals surface area contributed by atoms with Gasteiger partial charge in [0.1, 0.15) is 17.6 Å². The standard InChI is InChI=1S/C17H11NO.ClH/c18-12-15-7-3-4-8-17(15)19-16-10-9-13-5-1-2-6-14(13)11-16;/h1-11H;1H. The van der Waals surface area contributed by atoms with Gasteiger partial charge in [0.25, 0.3) is 0 Å². The van der Waals surface area contributed by atoms with Crippen LogP contribution in [0.2, 0.25) is 0 Å². The highest BCUT2D eigenvalue weighted by Crippen LogP contribution is 2.27. The van der Waals surface area contributed by atoms with Gasteiger partial charge in [-0.15, -0.1) is 12.4 Å². The van der Waals surface area contributed by atoms with Gasteiger partial charge in [-0.05, 0) is 35.0 Å². The fourth-order valence-electron chi connectivity index (χ4n) is 2.01. The lowest BCUT2D eigenvalue weighted by molar-refractivity contribution is 0.482. The second-order valence-electron chi connectivity index (χ2n) is 4.22. The van der Waals surface area contributed by atoms with Crippen LogP contribution in [0.15, 0.2) is 66.7 Å². The molecule has 0 radical (unpaired) electrons. The molecule has 0 spiro atoms. The van der Waals surface area contributed by atoms with Crippen molar-refractivity contribution in [3.63, 3.8) is 0 Å². The number of nitriles is 1. The molecule has 0 N–H and O–H groups in total. The number of hydrogen-bond donors (Lipinski definition) is 0. The summed E-state index contributed by atoms with van der Waals surface area (Å²) in [5, 5.41) is 11.3. The van der Waals surface area contributed by atoms with Gasteiger partial charge in [0.15, 0.2) is 0 Å². The average Bonchev–Trinajstić information content (AvgIpc) is 2.48. The minimum Gasteiger partial charge on any atom is -0.456 e. The number of hydrogen-bond acceptors (Lipinski definition) is 2. The predicted molar refractivity (Wildman–Crippen MR) is 82.4 cm³/mol. The highest BCUT2D eigenvalue weighted by atomic mass is 35.5. The summed E-state index contributed by atoms with van der Waals surface area (Å²) in [5.74, 6) is 1.32. The summed E-state index contributed by atoms with van der Waals surface area (Å²) < 4.78 is 5.79. The van der Waals surface area contributed by atoms with Gasteiger partial charge in [0.2, 0.25) is 0 Å². The van der Waals surface area contributed by atoms with Crippen molar-refractivity contribution in [3.8, 4) is 17.6 Å². The molecule has 0 aromatic heterocycles. The zero-order valence-corrected chi connectivity index (χ0v) is 11.4. The van der Waals surface area contributed by atoms with Gasteiger partial charge in [0.05, 0.1) is 5.56 Å². The van der Waals surface area contributed by atoms with E-state index in [1.807, 2.05) is 48.5 Å². The van der Waals surface area contributed by atoms with E-state index in [4.69, 9.17) is 10.00 Å². The van der Waals surface area contributed by atoms with Crippen LogP contribution in [-0.2, 0) is 0 Å². The van der Waals surface area contributed by atoms with Crippen molar-refractivity contribution < 1.29 is 4.74 Å². The van der Waals surface area contributed by atoms with E-state index in [-0.39, 0.29) is 12.4 Å². The molecule has 2 nitrogen and oxygen atoms in total. The van der Waals surface area contributed by atoms with Crippen LogP contribution in [0.5, 0.6) is 11.5 Å². The molecule has 20 heavy (non-hydrogen) atoms. The van der Waals surface area contributed by atoms with Crippen molar-refractivity contribution in [1.82, 2.24) is 0 Å². The van der Waals surface area contributed by atoms with Crippen LogP contribution in [0.25, 0.3) is 10.8 Å². The molecular formula is C17H12ClNO. The smallest absolute Gasteiger partial charge is 0.145 e. The van der Waals surface area contributed by atoms with Gasteiger partial charge >= 0.3 is 0 Å². The molecule has 0 atom stereocenters. The number of halogens is 1. The summed E-state index contributed by atoms with van der Waals surface area (Å²) in [6.07, 6.45) is 0. The summed E-state index contributed by atoms with van der Waals surface area (Å²) in [6.45, 7) is 0. The SMILES string of the molecule is Cl.N#Cc1ccccc1Oc1ccc2ccccc2c1. The Balaban J connectivity index is 0.00000147. The first-order chi connectivity index (χ1) is 9.36. The normalized spacial score (nSPS) is 9.55. The quantitative estimate of drug-likeness (QED) is 0.667. The maximum absolute atomic E-state index is 9.04. The zero-order chi connectivity index (χ0) is 13.1. The molecule has 3 rings (SSSR count). The molecule has 0 aliphatic heterocycles. The Labute approximate surface area is 123 Å². The summed E-state index contributed by atoms with van der Waals surface area (Å²) in [4.78, 5) is 0. The van der Waals surface area contributed by atoms with Crippen molar-refractivity contribution in [2.24, 2.45) is 0 Å². The summed E-state index contributed by atoms with van der Waals surface area (Å²) in [6, 6.07) is 23.4. The van der Waals surface area contributed by atoms with Crippen molar-refractivity contribution in [1.29, 1.82) is 5.26 Å². The van der Waals surface area contributed by atoms with E-state index >= 15 is 0 Å². The molecule has 0 bridgehead atoms. The van der Waals surface area contributed by atoms with E-state index in [0.717, 1.165) is 11.1 Å². The highest BCUT2D eigenvalue weighted by Gasteiger charge is 2.03. The van der Waals surface area contributed by atoms with Crippen molar-refractivity contribution in [3.05, 3.63) is 72.3 Å². The second-order valence-corrected chi connectivity index (χ2v) is 4.22. The third-order valence-electron chi connectivity index (χ3n) is 2.96. The Morgan fingerprint density at radius 3 is 2.30 bits per heavy atom. The largest absolute Gasteiger partial charge is 0.456 e. The predicted octanol–water partition coefficient (Wildman–Crippen LogP) is 4.93. The second kappa shape index (κ2) is 6.10. The summed E-state index contributed by atoms with van der Waals surface area (Å²) in [5.41, 5.74) is 0.538. The average molecular weight is 282 g/mol. The van der Waals surface area contributed by atoms with Crippen molar-refractivity contribution in [2.45, 2.75) is 0 Å². The number of para-hydroxylation sites is 1. The number of ether oxygens (including phenoxy) is 1. The van der Waals surface area contributed by atoms with Crippen LogP contribution in [0.3, 0.4) is 0 Å². The maximum Gasteiger partial charge on any atom is 0.145 e. The molecule has 0 unspecified atom stereocenters. The zero-order valence-electron chi connectivity index (χ0n) is 10.6. The topological polar surface area (TPSA) is 33.0 Å². The van der Waals surface area contributed by atoms with E-state index in [9.17, 15) is 0 Å². The van der Waals surface area contributed by atoms with E-state index in [1.54, 1.807) is 12.1 Å². The lowest BCUT2D eigenvalue weighted by Gasteiger charge is -2.08. The van der Waals surface area contributed by atoms with Crippen molar-refractivity contribution in [2.75, 3.05) is 0 Å². The molecule has 0 saturated carbocycles. The van der Waals surface area contributed by atoms with E-state index in [1.165, 1.54) is 5.39 Å². The Morgan fingerprint density at radius 1 is 0.800 bits per heavy atom. The Morgan fingerprint density at radius 2 is 1.50 bits per heavy atom. The molecule has 0 fully saturated rings. The molecule has 0 aliphatic rings. The molecule has 98 valence electrons. The van der Waals surface area contributed by atoms with Crippen LogP contribution in [0.1, 0.15) is 5.56 Å². The lowest BCUT2D eigenvalue weighted by Crippen LogP contribution is -1.87. The maximum atomic E-state index is 9.04. The van der Waals surface area contributed by atoms with E-state index < -0.39 is 0 Å². The molecule has 0 aliphatic carbocycles. The molecule has 3 aromatic rings. The molecular weight excluding hydrogens is 270 g/mol. The minimum atomic E-state index is 0. The molecule has 0 heterocycles. The Hall–Kier alpha value is -2.50. The first-order valence-electron chi connectivity index (χ1n) is 6.02. The number of nitrogens with zero attached hydrogens (tertiary/aromatic N) is 1. The summed E-state index contributed by atoms with van der Waals surface area (Å²) in [7, 11) is 0. The van der Waals surface area contributed by atoms with Crippen molar-refractivity contribution >= 4 is 23.2 Å². The fourth-order valence-corrected chi connectivity index (χ4v) is 2.01. The van der Waals surface area contributed by atoms with Gasteiger partial charge in [0, 0.05) is 0 Å². The Kier molecular flexibility index (Phi) is 4.24.